The zero-order chi connectivity index (χ0) is 23.8. The lowest BCUT2D eigenvalue weighted by Crippen LogP contribution is -2.53. The molecule has 0 radical (unpaired) electrons. The van der Waals surface area contributed by atoms with E-state index in [-0.39, 0.29) is 12.1 Å². The minimum absolute atomic E-state index is 0.0355. The van der Waals surface area contributed by atoms with Gasteiger partial charge < -0.3 is 10.1 Å². The molecule has 0 aliphatic heterocycles. The third-order valence-electron chi connectivity index (χ3n) is 5.20. The predicted molar refractivity (Wildman–Crippen MR) is 123 cm³/mol. The Morgan fingerprint density at radius 3 is 2.09 bits per heavy atom. The van der Waals surface area contributed by atoms with Gasteiger partial charge in [0, 0.05) is 12.0 Å². The predicted octanol–water partition coefficient (Wildman–Crippen LogP) is 3.76. The van der Waals surface area contributed by atoms with Gasteiger partial charge in [0.15, 0.2) is 0 Å². The van der Waals surface area contributed by atoms with E-state index in [1.165, 1.54) is 32.2 Å². The van der Waals surface area contributed by atoms with E-state index in [4.69, 9.17) is 4.74 Å². The lowest BCUT2D eigenvalue weighted by atomic mass is 10.0. The second kappa shape index (κ2) is 11.0. The van der Waals surface area contributed by atoms with Crippen LogP contribution in [0.25, 0.3) is 0 Å². The molecule has 3 aromatic rings. The third-order valence-corrected chi connectivity index (χ3v) is 5.20. The van der Waals surface area contributed by atoms with Gasteiger partial charge in [-0.05, 0) is 36.8 Å². The maximum Gasteiger partial charge on any atom is 0.328 e. The smallest absolute Gasteiger partial charge is 0.328 e. The molecule has 33 heavy (non-hydrogen) atoms. The molecule has 0 heterocycles. The second-order valence-electron chi connectivity index (χ2n) is 7.44. The molecule has 0 saturated heterocycles. The summed E-state index contributed by atoms with van der Waals surface area (Å²) >= 11 is 0. The van der Waals surface area contributed by atoms with Gasteiger partial charge in [-0.3, -0.25) is 14.5 Å². The number of hydrogen-bond donors (Lipinski definition) is 1. The highest BCUT2D eigenvalue weighted by Crippen LogP contribution is 2.24. The highest BCUT2D eigenvalue weighted by molar-refractivity contribution is 6.10. The molecule has 1 N–H and O–H groups in total. The normalized spacial score (nSPS) is 12.3. The first-order valence-electron chi connectivity index (χ1n) is 10.5. The molecule has 6 nitrogen and oxygen atoms in total. The summed E-state index contributed by atoms with van der Waals surface area (Å²) in [5, 5.41) is 2.66. The van der Waals surface area contributed by atoms with Crippen molar-refractivity contribution in [3.8, 4) is 0 Å². The molecule has 2 atom stereocenters. The molecular formula is C26H25FN2O4. The Kier molecular flexibility index (Phi) is 7.91. The molecule has 0 aliphatic rings. The molecule has 0 fully saturated rings. The maximum absolute atomic E-state index is 14.7. The molecule has 3 rings (SSSR count). The zero-order valence-corrected chi connectivity index (χ0v) is 18.4. The topological polar surface area (TPSA) is 75.7 Å². The number of carbonyl (C=O) groups excluding carboxylic acids is 3. The summed E-state index contributed by atoms with van der Waals surface area (Å²) in [6.45, 7) is 1.49. The van der Waals surface area contributed by atoms with Gasteiger partial charge in [0.05, 0.1) is 12.8 Å². The van der Waals surface area contributed by atoms with Gasteiger partial charge in [-0.15, -0.1) is 0 Å². The summed E-state index contributed by atoms with van der Waals surface area (Å²) in [6, 6.07) is 21.1. The third kappa shape index (κ3) is 5.83. The number of rotatable bonds is 8. The van der Waals surface area contributed by atoms with Crippen LogP contribution in [0.1, 0.15) is 22.8 Å². The minimum Gasteiger partial charge on any atom is -0.467 e. The number of esters is 1. The Morgan fingerprint density at radius 1 is 0.909 bits per heavy atom. The van der Waals surface area contributed by atoms with Crippen LogP contribution in [-0.2, 0) is 20.7 Å². The fourth-order valence-electron chi connectivity index (χ4n) is 3.46. The van der Waals surface area contributed by atoms with Gasteiger partial charge in [0.2, 0.25) is 5.91 Å². The molecule has 0 aromatic heterocycles. The van der Waals surface area contributed by atoms with E-state index in [9.17, 15) is 18.8 Å². The summed E-state index contributed by atoms with van der Waals surface area (Å²) in [6.07, 6.45) is 0.207. The van der Waals surface area contributed by atoms with Crippen molar-refractivity contribution in [3.05, 3.63) is 102 Å². The van der Waals surface area contributed by atoms with Crippen LogP contribution in [0.2, 0.25) is 0 Å². The lowest BCUT2D eigenvalue weighted by Gasteiger charge is -2.30. The fourth-order valence-corrected chi connectivity index (χ4v) is 3.46. The Morgan fingerprint density at radius 2 is 1.48 bits per heavy atom. The average Bonchev–Trinajstić information content (AvgIpc) is 2.85. The van der Waals surface area contributed by atoms with Crippen LogP contribution in [0.4, 0.5) is 10.1 Å². The van der Waals surface area contributed by atoms with Crippen molar-refractivity contribution >= 4 is 23.5 Å². The number of benzene rings is 3. The van der Waals surface area contributed by atoms with E-state index in [0.717, 1.165) is 10.5 Å². The molecular weight excluding hydrogens is 423 g/mol. The van der Waals surface area contributed by atoms with Crippen LogP contribution in [0.5, 0.6) is 0 Å². The molecule has 0 saturated carbocycles. The SMILES string of the molecule is COC(=O)[C@H](Cc1ccccc1)NC(=O)[C@@H](C)N(C(=O)c1ccccc1)c1ccccc1F. The van der Waals surface area contributed by atoms with E-state index in [0.29, 0.717) is 5.56 Å². The molecule has 0 aliphatic carbocycles. The number of nitrogens with one attached hydrogen (secondary N) is 1. The summed E-state index contributed by atoms with van der Waals surface area (Å²) in [5.74, 6) is -2.42. The number of amides is 2. The van der Waals surface area contributed by atoms with Crippen LogP contribution in [0.15, 0.2) is 84.9 Å². The van der Waals surface area contributed by atoms with Crippen LogP contribution in [-0.4, -0.2) is 37.0 Å². The van der Waals surface area contributed by atoms with Crippen LogP contribution < -0.4 is 10.2 Å². The largest absolute Gasteiger partial charge is 0.467 e. The number of nitrogens with zero attached hydrogens (tertiary/aromatic N) is 1. The second-order valence-corrected chi connectivity index (χ2v) is 7.44. The monoisotopic (exact) mass is 448 g/mol. The first-order chi connectivity index (χ1) is 15.9. The summed E-state index contributed by atoms with van der Waals surface area (Å²) < 4.78 is 19.5. The van der Waals surface area contributed by atoms with Crippen molar-refractivity contribution in [2.75, 3.05) is 12.0 Å². The quantitative estimate of drug-likeness (QED) is 0.533. The number of carbonyl (C=O) groups is 3. The van der Waals surface area contributed by atoms with Crippen molar-refractivity contribution in [2.24, 2.45) is 0 Å². The van der Waals surface area contributed by atoms with E-state index >= 15 is 0 Å². The molecule has 7 heteroatoms. The lowest BCUT2D eigenvalue weighted by molar-refractivity contribution is -0.145. The Hall–Kier alpha value is -4.00. The van der Waals surface area contributed by atoms with Crippen molar-refractivity contribution in [3.63, 3.8) is 0 Å². The maximum atomic E-state index is 14.7. The number of anilines is 1. The number of methoxy groups -OCH3 is 1. The number of para-hydroxylation sites is 1. The molecule has 2 amide bonds. The van der Waals surface area contributed by atoms with Crippen molar-refractivity contribution in [1.82, 2.24) is 5.32 Å². The molecule has 0 spiro atoms. The highest BCUT2D eigenvalue weighted by atomic mass is 19.1. The number of ether oxygens (including phenoxy) is 1. The van der Waals surface area contributed by atoms with Crippen molar-refractivity contribution in [1.29, 1.82) is 0 Å². The Labute approximate surface area is 192 Å². The van der Waals surface area contributed by atoms with Gasteiger partial charge >= 0.3 is 5.97 Å². The first kappa shape index (κ1) is 23.7. The van der Waals surface area contributed by atoms with Gasteiger partial charge in [-0.1, -0.05) is 60.7 Å². The van der Waals surface area contributed by atoms with Crippen LogP contribution in [0, 0.1) is 5.82 Å². The summed E-state index contributed by atoms with van der Waals surface area (Å²) in [7, 11) is 1.24. The average molecular weight is 448 g/mol. The Balaban J connectivity index is 1.90. The Bertz CT molecular complexity index is 1110. The first-order valence-corrected chi connectivity index (χ1v) is 10.5. The van der Waals surface area contributed by atoms with E-state index in [2.05, 4.69) is 5.32 Å². The summed E-state index contributed by atoms with van der Waals surface area (Å²) in [4.78, 5) is 39.9. The molecule has 170 valence electrons. The highest BCUT2D eigenvalue weighted by Gasteiger charge is 2.32. The number of halogens is 1. The van der Waals surface area contributed by atoms with Crippen molar-refractivity contribution in [2.45, 2.75) is 25.4 Å². The van der Waals surface area contributed by atoms with E-state index in [1.54, 1.807) is 36.4 Å². The van der Waals surface area contributed by atoms with E-state index < -0.39 is 35.7 Å². The fraction of sp³-hybridized carbons (Fsp3) is 0.192. The van der Waals surface area contributed by atoms with Crippen LogP contribution >= 0.6 is 0 Å². The molecule has 0 bridgehead atoms. The van der Waals surface area contributed by atoms with Gasteiger partial charge in [0.25, 0.3) is 5.91 Å². The van der Waals surface area contributed by atoms with Crippen LogP contribution in [0.3, 0.4) is 0 Å². The van der Waals surface area contributed by atoms with Gasteiger partial charge in [0.1, 0.15) is 17.9 Å². The zero-order valence-electron chi connectivity index (χ0n) is 18.4. The molecule has 3 aromatic carbocycles. The van der Waals surface area contributed by atoms with Crippen molar-refractivity contribution < 1.29 is 23.5 Å². The molecule has 0 unspecified atom stereocenters. The van der Waals surface area contributed by atoms with E-state index in [1.807, 2.05) is 30.3 Å². The number of hydrogen-bond acceptors (Lipinski definition) is 4. The summed E-state index contributed by atoms with van der Waals surface area (Å²) in [5.41, 5.74) is 1.09. The minimum atomic E-state index is -1.11. The van der Waals surface area contributed by atoms with Gasteiger partial charge in [-0.2, -0.15) is 0 Å². The standard InChI is InChI=1S/C26H25FN2O4/c1-18(24(30)28-22(26(32)33-2)17-19-11-5-3-6-12-19)29(23-16-10-9-15-21(23)27)25(31)20-13-7-4-8-14-20/h3-16,18,22H,17H2,1-2H3,(H,28,30)/t18-,22+/m1/s1. The van der Waals surface area contributed by atoms with Gasteiger partial charge in [-0.25, -0.2) is 9.18 Å².